The first kappa shape index (κ1) is 29.5. The molecular formula is C27H39NO5S. The van der Waals surface area contributed by atoms with Gasteiger partial charge in [-0.05, 0) is 30.2 Å². The second-order valence-electron chi connectivity index (χ2n) is 8.51. The summed E-state index contributed by atoms with van der Waals surface area (Å²) in [6.07, 6.45) is 0.923. The lowest BCUT2D eigenvalue weighted by Gasteiger charge is -2.18. The van der Waals surface area contributed by atoms with E-state index in [2.05, 4.69) is 6.92 Å². The van der Waals surface area contributed by atoms with E-state index in [0.29, 0.717) is 18.7 Å². The van der Waals surface area contributed by atoms with Crippen LogP contribution >= 0.6 is 0 Å². The van der Waals surface area contributed by atoms with Gasteiger partial charge in [-0.2, -0.15) is 4.31 Å². The number of benzene rings is 2. The molecule has 7 heteroatoms. The number of hydrogen-bond acceptors (Lipinski definition) is 5. The molecule has 0 aliphatic heterocycles. The second kappa shape index (κ2) is 14.0. The average Bonchev–Trinajstić information content (AvgIpc) is 2.83. The molecule has 2 aromatic rings. The zero-order valence-electron chi connectivity index (χ0n) is 21.5. The van der Waals surface area contributed by atoms with Crippen LogP contribution in [0.3, 0.4) is 0 Å². The first-order chi connectivity index (χ1) is 16.0. The van der Waals surface area contributed by atoms with Crippen molar-refractivity contribution in [1.82, 2.24) is 4.31 Å². The molecule has 0 spiro atoms. The molecule has 0 bridgehead atoms. The highest BCUT2D eigenvalue weighted by Crippen LogP contribution is 2.19. The molecule has 2 rings (SSSR count). The van der Waals surface area contributed by atoms with Crippen LogP contribution in [-0.4, -0.2) is 44.0 Å². The Morgan fingerprint density at radius 1 is 0.882 bits per heavy atom. The topological polar surface area (TPSA) is 80.8 Å². The van der Waals surface area contributed by atoms with Gasteiger partial charge < -0.3 is 4.74 Å². The Morgan fingerprint density at radius 2 is 1.50 bits per heavy atom. The summed E-state index contributed by atoms with van der Waals surface area (Å²) >= 11 is 0. The van der Waals surface area contributed by atoms with Gasteiger partial charge in [0, 0.05) is 30.5 Å². The summed E-state index contributed by atoms with van der Waals surface area (Å²) in [6.45, 7) is 14.1. The minimum Gasteiger partial charge on any atom is -0.486 e. The van der Waals surface area contributed by atoms with Gasteiger partial charge in [-0.1, -0.05) is 78.8 Å². The van der Waals surface area contributed by atoms with Crippen molar-refractivity contribution in [1.29, 1.82) is 0 Å². The lowest BCUT2D eigenvalue weighted by molar-refractivity contribution is -0.123. The quantitative estimate of drug-likeness (QED) is 0.394. The van der Waals surface area contributed by atoms with Gasteiger partial charge in [-0.25, -0.2) is 8.42 Å². The summed E-state index contributed by atoms with van der Waals surface area (Å²) in [5, 5.41) is 0. The number of ether oxygens (including phenoxy) is 1. The number of ketones is 2. The Morgan fingerprint density at radius 3 is 2.03 bits per heavy atom. The molecule has 0 saturated carbocycles. The van der Waals surface area contributed by atoms with E-state index in [1.807, 2.05) is 38.1 Å². The molecule has 0 aromatic heterocycles. The number of rotatable bonds is 11. The van der Waals surface area contributed by atoms with E-state index in [0.717, 1.165) is 17.7 Å². The molecular weight excluding hydrogens is 450 g/mol. The second-order valence-corrected chi connectivity index (χ2v) is 10.4. The Hall–Kier alpha value is -2.51. The number of para-hydroxylation sites is 1. The van der Waals surface area contributed by atoms with Gasteiger partial charge in [0.05, 0.1) is 4.90 Å². The Balaban J connectivity index is 0.000000350. The van der Waals surface area contributed by atoms with E-state index in [4.69, 9.17) is 4.74 Å². The maximum Gasteiger partial charge on any atom is 0.243 e. The average molecular weight is 490 g/mol. The van der Waals surface area contributed by atoms with Crippen LogP contribution in [0.15, 0.2) is 53.4 Å². The molecule has 0 N–H and O–H groups in total. The van der Waals surface area contributed by atoms with Crippen LogP contribution in [0.2, 0.25) is 0 Å². The predicted octanol–water partition coefficient (Wildman–Crippen LogP) is 5.41. The first-order valence-electron chi connectivity index (χ1n) is 11.9. The monoisotopic (exact) mass is 489 g/mol. The fourth-order valence-electron chi connectivity index (χ4n) is 3.11. The minimum absolute atomic E-state index is 0.0405. The van der Waals surface area contributed by atoms with E-state index < -0.39 is 10.0 Å². The number of carbonyl (C=O) groups excluding carboxylic acids is 2. The highest BCUT2D eigenvalue weighted by Gasteiger charge is 2.22. The molecule has 0 atom stereocenters. The Bertz CT molecular complexity index is 1040. The molecule has 0 heterocycles. The number of aryl methyl sites for hydroxylation is 1. The Kier molecular flexibility index (Phi) is 12.2. The summed E-state index contributed by atoms with van der Waals surface area (Å²) in [7, 11) is -3.50. The molecule has 0 unspecified atom stereocenters. The highest BCUT2D eigenvalue weighted by atomic mass is 32.2. The standard InChI is InChI=1S/C14H21NO3S.C13H18O2/c1-5-15(6-2)19(17,18)13-9-7-8-12(10-13)14(16)11(3)4;1-4-11-7-5-6-8-13(11)15-9-12(14)10(2)3/h7-11H,5-6H2,1-4H3;5-8,10H,4,9H2,1-3H3. The van der Waals surface area contributed by atoms with Gasteiger partial charge in [-0.15, -0.1) is 0 Å². The summed E-state index contributed by atoms with van der Waals surface area (Å²) < 4.78 is 31.6. The third-order valence-corrected chi connectivity index (χ3v) is 7.40. The molecule has 0 aliphatic rings. The maximum absolute atomic E-state index is 12.4. The summed E-state index contributed by atoms with van der Waals surface area (Å²) in [4.78, 5) is 23.5. The summed E-state index contributed by atoms with van der Waals surface area (Å²) in [6, 6.07) is 14.1. The molecule has 188 valence electrons. The van der Waals surface area contributed by atoms with Crippen molar-refractivity contribution >= 4 is 21.6 Å². The number of nitrogens with zero attached hydrogens (tertiary/aromatic N) is 1. The van der Waals surface area contributed by atoms with Gasteiger partial charge >= 0.3 is 0 Å². The third-order valence-electron chi connectivity index (χ3n) is 5.35. The van der Waals surface area contributed by atoms with Gasteiger partial charge in [-0.3, -0.25) is 9.59 Å². The van der Waals surface area contributed by atoms with Crippen molar-refractivity contribution in [2.45, 2.75) is 59.8 Å². The zero-order valence-corrected chi connectivity index (χ0v) is 22.3. The number of Topliss-reactive ketones (excluding diaryl/α,β-unsaturated/α-hetero) is 2. The molecule has 0 fully saturated rings. The van der Waals surface area contributed by atoms with Crippen molar-refractivity contribution in [2.75, 3.05) is 19.7 Å². The van der Waals surface area contributed by atoms with Crippen LogP contribution in [0.1, 0.15) is 64.4 Å². The van der Waals surface area contributed by atoms with Crippen molar-refractivity contribution < 1.29 is 22.7 Å². The van der Waals surface area contributed by atoms with E-state index in [-0.39, 0.29) is 34.9 Å². The molecule has 34 heavy (non-hydrogen) atoms. The molecule has 2 aromatic carbocycles. The van der Waals surface area contributed by atoms with Crippen LogP contribution in [0.5, 0.6) is 5.75 Å². The molecule has 0 saturated heterocycles. The smallest absolute Gasteiger partial charge is 0.243 e. The van der Waals surface area contributed by atoms with Crippen LogP contribution in [0.25, 0.3) is 0 Å². The van der Waals surface area contributed by atoms with Crippen molar-refractivity contribution in [3.05, 3.63) is 59.7 Å². The fraction of sp³-hybridized carbons (Fsp3) is 0.481. The normalized spacial score (nSPS) is 11.4. The fourth-order valence-corrected chi connectivity index (χ4v) is 4.61. The van der Waals surface area contributed by atoms with E-state index in [1.54, 1.807) is 39.8 Å². The first-order valence-corrected chi connectivity index (χ1v) is 13.3. The van der Waals surface area contributed by atoms with Gasteiger partial charge in [0.2, 0.25) is 10.0 Å². The van der Waals surface area contributed by atoms with Gasteiger partial charge in [0.25, 0.3) is 0 Å². The van der Waals surface area contributed by atoms with Crippen LogP contribution in [0, 0.1) is 11.8 Å². The zero-order chi connectivity index (χ0) is 25.9. The highest BCUT2D eigenvalue weighted by molar-refractivity contribution is 7.89. The minimum atomic E-state index is -3.50. The summed E-state index contributed by atoms with van der Waals surface area (Å²) in [5.74, 6) is 0.816. The Labute approximate surface area is 205 Å². The molecule has 6 nitrogen and oxygen atoms in total. The van der Waals surface area contributed by atoms with Crippen LogP contribution in [-0.2, 0) is 21.2 Å². The molecule has 0 aliphatic carbocycles. The van der Waals surface area contributed by atoms with Crippen molar-refractivity contribution in [2.24, 2.45) is 11.8 Å². The van der Waals surface area contributed by atoms with Gasteiger partial charge in [0.15, 0.2) is 11.6 Å². The lowest BCUT2D eigenvalue weighted by atomic mass is 10.0. The van der Waals surface area contributed by atoms with Crippen molar-refractivity contribution in [3.63, 3.8) is 0 Å². The molecule has 0 radical (unpaired) electrons. The maximum atomic E-state index is 12.4. The van der Waals surface area contributed by atoms with E-state index in [1.165, 1.54) is 16.4 Å². The number of sulfonamides is 1. The number of hydrogen-bond donors (Lipinski definition) is 0. The van der Waals surface area contributed by atoms with E-state index in [9.17, 15) is 18.0 Å². The van der Waals surface area contributed by atoms with Crippen LogP contribution in [0.4, 0.5) is 0 Å². The SMILES string of the molecule is CCN(CC)S(=O)(=O)c1cccc(C(=O)C(C)C)c1.CCc1ccccc1OCC(=O)C(C)C. The van der Waals surface area contributed by atoms with Gasteiger partial charge in [0.1, 0.15) is 12.4 Å². The predicted molar refractivity (Wildman–Crippen MR) is 137 cm³/mol. The third kappa shape index (κ3) is 8.37. The van der Waals surface area contributed by atoms with E-state index >= 15 is 0 Å². The van der Waals surface area contributed by atoms with Crippen molar-refractivity contribution in [3.8, 4) is 5.75 Å². The number of carbonyl (C=O) groups is 2. The molecule has 0 amide bonds. The van der Waals surface area contributed by atoms with Crippen LogP contribution < -0.4 is 4.74 Å². The largest absolute Gasteiger partial charge is 0.486 e. The summed E-state index contributed by atoms with van der Waals surface area (Å²) in [5.41, 5.74) is 1.59. The lowest BCUT2D eigenvalue weighted by Crippen LogP contribution is -2.30.